The van der Waals surface area contributed by atoms with E-state index in [1.54, 1.807) is 0 Å². The van der Waals surface area contributed by atoms with Crippen LogP contribution in [0.5, 0.6) is 0 Å². The van der Waals surface area contributed by atoms with Crippen molar-refractivity contribution in [1.29, 1.82) is 0 Å². The largest absolute Gasteiger partial charge is 0.330 e. The van der Waals surface area contributed by atoms with Gasteiger partial charge in [0.05, 0.1) is 0 Å². The second-order valence-corrected chi connectivity index (χ2v) is 3.98. The smallest absolute Gasteiger partial charge is 0.000517 e. The average molecular weight is 156 g/mol. The second-order valence-electron chi connectivity index (χ2n) is 3.98. The van der Waals surface area contributed by atoms with Crippen LogP contribution in [0.3, 0.4) is 0 Å². The fourth-order valence-electron chi connectivity index (χ4n) is 1.57. The first-order valence-corrected chi connectivity index (χ1v) is 4.68. The predicted octanol–water partition coefficient (Wildman–Crippen LogP) is 1.11. The van der Waals surface area contributed by atoms with E-state index >= 15 is 0 Å². The third kappa shape index (κ3) is 2.80. The van der Waals surface area contributed by atoms with Gasteiger partial charge in [-0.15, -0.1) is 0 Å². The lowest BCUT2D eigenvalue weighted by Gasteiger charge is -2.38. The summed E-state index contributed by atoms with van der Waals surface area (Å²) in [6, 6.07) is 0. The van der Waals surface area contributed by atoms with Crippen molar-refractivity contribution in [2.75, 3.05) is 19.6 Å². The van der Waals surface area contributed by atoms with Gasteiger partial charge in [-0.3, -0.25) is 0 Å². The molecule has 0 heterocycles. The SMILES string of the molecule is CC1(CNCCCN)CCC1. The van der Waals surface area contributed by atoms with Crippen molar-refractivity contribution in [3.63, 3.8) is 0 Å². The van der Waals surface area contributed by atoms with Crippen LogP contribution in [0.2, 0.25) is 0 Å². The summed E-state index contributed by atoms with van der Waals surface area (Å²) in [5.74, 6) is 0. The maximum Gasteiger partial charge on any atom is 0.000517 e. The van der Waals surface area contributed by atoms with Crippen LogP contribution in [-0.2, 0) is 0 Å². The van der Waals surface area contributed by atoms with E-state index in [2.05, 4.69) is 12.2 Å². The van der Waals surface area contributed by atoms with Crippen molar-refractivity contribution in [3.8, 4) is 0 Å². The maximum atomic E-state index is 5.38. The molecule has 1 rings (SSSR count). The van der Waals surface area contributed by atoms with Crippen LogP contribution in [0.1, 0.15) is 32.6 Å². The number of rotatable bonds is 5. The van der Waals surface area contributed by atoms with Gasteiger partial charge in [-0.1, -0.05) is 13.3 Å². The van der Waals surface area contributed by atoms with Gasteiger partial charge < -0.3 is 11.1 Å². The van der Waals surface area contributed by atoms with Gasteiger partial charge in [0.15, 0.2) is 0 Å². The summed E-state index contributed by atoms with van der Waals surface area (Å²) in [5.41, 5.74) is 6.00. The van der Waals surface area contributed by atoms with Gasteiger partial charge in [0.2, 0.25) is 0 Å². The zero-order valence-corrected chi connectivity index (χ0v) is 7.53. The van der Waals surface area contributed by atoms with Crippen molar-refractivity contribution < 1.29 is 0 Å². The monoisotopic (exact) mass is 156 g/mol. The lowest BCUT2D eigenvalue weighted by Crippen LogP contribution is -2.37. The van der Waals surface area contributed by atoms with Crippen LogP contribution in [0, 0.1) is 5.41 Å². The fraction of sp³-hybridized carbons (Fsp3) is 1.00. The van der Waals surface area contributed by atoms with E-state index in [4.69, 9.17) is 5.73 Å². The molecule has 0 aromatic heterocycles. The molecule has 0 unspecified atom stereocenters. The van der Waals surface area contributed by atoms with E-state index < -0.39 is 0 Å². The van der Waals surface area contributed by atoms with Crippen molar-refractivity contribution in [1.82, 2.24) is 5.32 Å². The molecule has 2 heteroatoms. The summed E-state index contributed by atoms with van der Waals surface area (Å²) in [6.07, 6.45) is 5.34. The topological polar surface area (TPSA) is 38.0 Å². The lowest BCUT2D eigenvalue weighted by molar-refractivity contribution is 0.157. The molecule has 0 spiro atoms. The van der Waals surface area contributed by atoms with E-state index in [0.29, 0.717) is 5.41 Å². The van der Waals surface area contributed by atoms with Crippen LogP contribution >= 0.6 is 0 Å². The Morgan fingerprint density at radius 2 is 2.18 bits per heavy atom. The Bertz CT molecular complexity index is 108. The molecular formula is C9H20N2. The molecule has 1 aliphatic rings. The van der Waals surface area contributed by atoms with Crippen LogP contribution in [-0.4, -0.2) is 19.6 Å². The van der Waals surface area contributed by atoms with Crippen molar-refractivity contribution in [3.05, 3.63) is 0 Å². The summed E-state index contributed by atoms with van der Waals surface area (Å²) in [7, 11) is 0. The number of nitrogens with one attached hydrogen (secondary N) is 1. The average Bonchev–Trinajstić information content (AvgIpc) is 1.95. The minimum Gasteiger partial charge on any atom is -0.330 e. The second kappa shape index (κ2) is 4.07. The third-order valence-corrected chi connectivity index (χ3v) is 2.67. The standard InChI is InChI=1S/C9H20N2/c1-9(4-2-5-9)8-11-7-3-6-10/h11H,2-8,10H2,1H3. The first-order valence-electron chi connectivity index (χ1n) is 4.68. The number of hydrogen-bond donors (Lipinski definition) is 2. The Morgan fingerprint density at radius 1 is 1.45 bits per heavy atom. The summed E-state index contributed by atoms with van der Waals surface area (Å²) in [5, 5.41) is 3.45. The Balaban J connectivity index is 1.94. The molecule has 3 N–H and O–H groups in total. The van der Waals surface area contributed by atoms with Crippen LogP contribution in [0.25, 0.3) is 0 Å². The molecular weight excluding hydrogens is 136 g/mol. The summed E-state index contributed by atoms with van der Waals surface area (Å²) in [6.45, 7) is 5.45. The molecule has 0 saturated heterocycles. The van der Waals surface area contributed by atoms with E-state index in [1.165, 1.54) is 25.8 Å². The Hall–Kier alpha value is -0.0800. The molecule has 0 bridgehead atoms. The predicted molar refractivity (Wildman–Crippen MR) is 48.5 cm³/mol. The van der Waals surface area contributed by atoms with Gasteiger partial charge in [0.25, 0.3) is 0 Å². The molecule has 0 aromatic carbocycles. The molecule has 0 amide bonds. The highest BCUT2D eigenvalue weighted by Crippen LogP contribution is 2.39. The molecule has 0 atom stereocenters. The highest BCUT2D eigenvalue weighted by molar-refractivity contribution is 4.84. The molecule has 1 fully saturated rings. The summed E-state index contributed by atoms with van der Waals surface area (Å²) < 4.78 is 0. The maximum absolute atomic E-state index is 5.38. The van der Waals surface area contributed by atoms with Gasteiger partial charge in [-0.2, -0.15) is 0 Å². The van der Waals surface area contributed by atoms with Crippen LogP contribution < -0.4 is 11.1 Å². The normalized spacial score (nSPS) is 21.3. The van der Waals surface area contributed by atoms with Crippen molar-refractivity contribution >= 4 is 0 Å². The fourth-order valence-corrected chi connectivity index (χ4v) is 1.57. The summed E-state index contributed by atoms with van der Waals surface area (Å²) in [4.78, 5) is 0. The lowest BCUT2D eigenvalue weighted by atomic mass is 9.70. The summed E-state index contributed by atoms with van der Waals surface area (Å²) >= 11 is 0. The zero-order valence-electron chi connectivity index (χ0n) is 7.53. The quantitative estimate of drug-likeness (QED) is 0.585. The molecule has 11 heavy (non-hydrogen) atoms. The van der Waals surface area contributed by atoms with E-state index in [0.717, 1.165) is 19.5 Å². The van der Waals surface area contributed by atoms with Crippen molar-refractivity contribution in [2.45, 2.75) is 32.6 Å². The minimum atomic E-state index is 0.620. The molecule has 1 aliphatic carbocycles. The van der Waals surface area contributed by atoms with Crippen LogP contribution in [0.15, 0.2) is 0 Å². The zero-order chi connectivity index (χ0) is 8.16. The van der Waals surface area contributed by atoms with E-state index in [-0.39, 0.29) is 0 Å². The third-order valence-electron chi connectivity index (χ3n) is 2.67. The molecule has 0 aliphatic heterocycles. The van der Waals surface area contributed by atoms with Gasteiger partial charge in [0.1, 0.15) is 0 Å². The Kier molecular flexibility index (Phi) is 3.34. The molecule has 0 radical (unpaired) electrons. The Morgan fingerprint density at radius 3 is 2.64 bits per heavy atom. The van der Waals surface area contributed by atoms with Crippen molar-refractivity contribution in [2.24, 2.45) is 11.1 Å². The molecule has 1 saturated carbocycles. The first-order chi connectivity index (χ1) is 5.27. The van der Waals surface area contributed by atoms with Crippen LogP contribution in [0.4, 0.5) is 0 Å². The highest BCUT2D eigenvalue weighted by Gasteiger charge is 2.30. The number of hydrogen-bond acceptors (Lipinski definition) is 2. The minimum absolute atomic E-state index is 0.620. The Labute approximate surface area is 69.5 Å². The number of nitrogens with two attached hydrogens (primary N) is 1. The first kappa shape index (κ1) is 9.01. The van der Waals surface area contributed by atoms with Gasteiger partial charge >= 0.3 is 0 Å². The molecule has 66 valence electrons. The highest BCUT2D eigenvalue weighted by atomic mass is 14.9. The van der Waals surface area contributed by atoms with Gasteiger partial charge in [-0.25, -0.2) is 0 Å². The molecule has 0 aromatic rings. The van der Waals surface area contributed by atoms with Gasteiger partial charge in [-0.05, 0) is 37.8 Å². The van der Waals surface area contributed by atoms with E-state index in [9.17, 15) is 0 Å². The molecule has 2 nitrogen and oxygen atoms in total. The van der Waals surface area contributed by atoms with Gasteiger partial charge in [0, 0.05) is 6.54 Å². The van der Waals surface area contributed by atoms with E-state index in [1.807, 2.05) is 0 Å².